The van der Waals surface area contributed by atoms with E-state index in [1.807, 2.05) is 0 Å². The van der Waals surface area contributed by atoms with Gasteiger partial charge in [-0.05, 0) is 0 Å². The molecule has 0 aliphatic rings. The minimum Gasteiger partial charge on any atom is -0.329 e. The third-order valence-corrected chi connectivity index (χ3v) is 1.67. The van der Waals surface area contributed by atoms with Crippen molar-refractivity contribution in [2.45, 2.75) is 19.4 Å². The molecule has 0 atom stereocenters. The minimum absolute atomic E-state index is 0.597. The Labute approximate surface area is 55.1 Å². The smallest absolute Gasteiger partial charge is 0.00461 e. The zero-order chi connectivity index (χ0) is 6.83. The van der Waals surface area contributed by atoms with Crippen LogP contribution in [0.3, 0.4) is 0 Å². The Morgan fingerprint density at radius 3 is 1.50 bits per heavy atom. The molecule has 0 rings (SSSR count). The van der Waals surface area contributed by atoms with Crippen LogP contribution in [0.15, 0.2) is 0 Å². The van der Waals surface area contributed by atoms with E-state index >= 15 is 0 Å². The van der Waals surface area contributed by atoms with Gasteiger partial charge in [0.05, 0.1) is 0 Å². The van der Waals surface area contributed by atoms with Crippen molar-refractivity contribution in [3.05, 3.63) is 0 Å². The Kier molecular flexibility index (Phi) is 21.6. The molecule has 2 nitrogen and oxygen atoms in total. The Bertz CT molecular complexity index is 18.4. The second-order valence-electron chi connectivity index (χ2n) is 1.58. The first-order valence-electron chi connectivity index (χ1n) is 3.23. The molecule has 0 bridgehead atoms. The van der Waals surface area contributed by atoms with Gasteiger partial charge in [-0.1, -0.05) is 19.4 Å². The maximum atomic E-state index is 4.90. The van der Waals surface area contributed by atoms with Gasteiger partial charge >= 0.3 is 0 Å². The molecule has 0 spiro atoms. The lowest BCUT2D eigenvalue weighted by molar-refractivity contribution is 0.976. The first kappa shape index (κ1) is 11.0. The van der Waals surface area contributed by atoms with Crippen molar-refractivity contribution in [3.8, 4) is 0 Å². The Hall–Kier alpha value is 0.137. The predicted octanol–water partition coefficient (Wildman–Crippen LogP) is -0.916. The Balaban J connectivity index is 0. The summed E-state index contributed by atoms with van der Waals surface area (Å²) in [6, 6.07) is 1.46. The van der Waals surface area contributed by atoms with E-state index in [1.54, 1.807) is 0 Å². The van der Waals surface area contributed by atoms with Gasteiger partial charge < -0.3 is 11.5 Å². The summed E-state index contributed by atoms with van der Waals surface area (Å²) in [4.78, 5) is 0. The number of nitrogens with two attached hydrogens (primary N) is 2. The summed E-state index contributed by atoms with van der Waals surface area (Å²) in [6.45, 7) is 3.41. The standard InChI is InChI=1S/C3H10Si.C2H8N2/c1-2-3-4;3-1-2-4/h2-3H2,1,4H3;1-4H2. The summed E-state index contributed by atoms with van der Waals surface area (Å²) in [5.41, 5.74) is 9.81. The molecule has 8 heavy (non-hydrogen) atoms. The van der Waals surface area contributed by atoms with Gasteiger partial charge in [0, 0.05) is 23.3 Å². The molecule has 0 saturated carbocycles. The fourth-order valence-electron chi connectivity index (χ4n) is 0. The molecule has 0 amide bonds. The second kappa shape index (κ2) is 15.7. The van der Waals surface area contributed by atoms with Crippen LogP contribution in [0.5, 0.6) is 0 Å². The molecular formula is C5H18N2Si. The van der Waals surface area contributed by atoms with Gasteiger partial charge in [0.2, 0.25) is 0 Å². The molecule has 0 unspecified atom stereocenters. The fourth-order valence-corrected chi connectivity index (χ4v) is 0. The lowest BCUT2D eigenvalue weighted by Crippen LogP contribution is -2.11. The molecule has 0 fully saturated rings. The zero-order valence-corrected chi connectivity index (χ0v) is 7.98. The van der Waals surface area contributed by atoms with Gasteiger partial charge in [0.25, 0.3) is 0 Å². The van der Waals surface area contributed by atoms with Crippen LogP contribution in [0.4, 0.5) is 0 Å². The van der Waals surface area contributed by atoms with Crippen molar-refractivity contribution in [1.82, 2.24) is 0 Å². The molecule has 0 radical (unpaired) electrons. The largest absolute Gasteiger partial charge is 0.329 e. The normalized spacial score (nSPS) is 7.88. The average Bonchev–Trinajstić information content (AvgIpc) is 1.88. The van der Waals surface area contributed by atoms with E-state index < -0.39 is 0 Å². The van der Waals surface area contributed by atoms with Crippen LogP contribution < -0.4 is 11.5 Å². The summed E-state index contributed by atoms with van der Waals surface area (Å²) < 4.78 is 0. The molecule has 0 saturated heterocycles. The van der Waals surface area contributed by atoms with Crippen LogP contribution in [0.1, 0.15) is 13.3 Å². The summed E-state index contributed by atoms with van der Waals surface area (Å²) in [6.07, 6.45) is 1.38. The van der Waals surface area contributed by atoms with Gasteiger partial charge in [0.15, 0.2) is 0 Å². The van der Waals surface area contributed by atoms with E-state index in [2.05, 4.69) is 6.92 Å². The van der Waals surface area contributed by atoms with Gasteiger partial charge in [-0.15, -0.1) is 0 Å². The third kappa shape index (κ3) is 35.5. The molecule has 4 N–H and O–H groups in total. The maximum absolute atomic E-state index is 4.90. The van der Waals surface area contributed by atoms with E-state index in [-0.39, 0.29) is 0 Å². The van der Waals surface area contributed by atoms with E-state index in [9.17, 15) is 0 Å². The maximum Gasteiger partial charge on any atom is 0.00461 e. The molecule has 0 heterocycles. The quantitative estimate of drug-likeness (QED) is 0.480. The fraction of sp³-hybridized carbons (Fsp3) is 1.00. The van der Waals surface area contributed by atoms with E-state index in [0.29, 0.717) is 13.1 Å². The highest BCUT2D eigenvalue weighted by atomic mass is 28.1. The summed E-state index contributed by atoms with van der Waals surface area (Å²) in [5.74, 6) is 0. The second-order valence-corrected chi connectivity index (χ2v) is 2.58. The SMILES string of the molecule is CCC[SiH3].NCCN. The minimum atomic E-state index is 0.597. The van der Waals surface area contributed by atoms with Crippen molar-refractivity contribution in [2.24, 2.45) is 11.5 Å². The summed E-state index contributed by atoms with van der Waals surface area (Å²) in [7, 11) is 1.39. The number of hydrogen-bond donors (Lipinski definition) is 2. The first-order valence-corrected chi connectivity index (χ1v) is 4.64. The molecule has 0 aromatic rings. The van der Waals surface area contributed by atoms with Gasteiger partial charge in [0.1, 0.15) is 0 Å². The van der Waals surface area contributed by atoms with Crippen LogP contribution >= 0.6 is 0 Å². The molecule has 0 aromatic heterocycles. The highest BCUT2D eigenvalue weighted by Gasteiger charge is 1.57. The van der Waals surface area contributed by atoms with Crippen LogP contribution in [-0.4, -0.2) is 23.3 Å². The van der Waals surface area contributed by atoms with E-state index in [4.69, 9.17) is 11.5 Å². The Morgan fingerprint density at radius 2 is 1.50 bits per heavy atom. The number of rotatable bonds is 2. The highest BCUT2D eigenvalue weighted by Crippen LogP contribution is 1.73. The average molecular weight is 134 g/mol. The van der Waals surface area contributed by atoms with E-state index in [0.717, 1.165) is 0 Å². The van der Waals surface area contributed by atoms with Gasteiger partial charge in [-0.3, -0.25) is 0 Å². The van der Waals surface area contributed by atoms with Crippen LogP contribution in [-0.2, 0) is 0 Å². The molecule has 0 aliphatic carbocycles. The lowest BCUT2D eigenvalue weighted by Gasteiger charge is -1.72. The predicted molar refractivity (Wildman–Crippen MR) is 43.1 cm³/mol. The topological polar surface area (TPSA) is 52.0 Å². The molecule has 3 heteroatoms. The summed E-state index contributed by atoms with van der Waals surface area (Å²) in [5, 5.41) is 0. The summed E-state index contributed by atoms with van der Waals surface area (Å²) >= 11 is 0. The Morgan fingerprint density at radius 1 is 1.25 bits per heavy atom. The first-order chi connectivity index (χ1) is 3.83. The molecule has 0 aromatic carbocycles. The third-order valence-electron chi connectivity index (χ3n) is 0.667. The molecule has 52 valence electrons. The van der Waals surface area contributed by atoms with Crippen molar-refractivity contribution >= 4 is 10.2 Å². The number of hydrogen-bond acceptors (Lipinski definition) is 2. The van der Waals surface area contributed by atoms with Crippen LogP contribution in [0.2, 0.25) is 6.04 Å². The van der Waals surface area contributed by atoms with Gasteiger partial charge in [-0.25, -0.2) is 0 Å². The van der Waals surface area contributed by atoms with E-state index in [1.165, 1.54) is 22.7 Å². The van der Waals surface area contributed by atoms with Crippen molar-refractivity contribution in [1.29, 1.82) is 0 Å². The zero-order valence-electron chi connectivity index (χ0n) is 5.98. The van der Waals surface area contributed by atoms with Gasteiger partial charge in [-0.2, -0.15) is 0 Å². The molecular weight excluding hydrogens is 116 g/mol. The lowest BCUT2D eigenvalue weighted by atomic mass is 10.6. The van der Waals surface area contributed by atoms with Crippen molar-refractivity contribution in [2.75, 3.05) is 13.1 Å². The van der Waals surface area contributed by atoms with Crippen LogP contribution in [0, 0.1) is 0 Å². The van der Waals surface area contributed by atoms with Crippen molar-refractivity contribution < 1.29 is 0 Å². The van der Waals surface area contributed by atoms with Crippen molar-refractivity contribution in [3.63, 3.8) is 0 Å². The molecule has 0 aliphatic heterocycles. The monoisotopic (exact) mass is 134 g/mol. The highest BCUT2D eigenvalue weighted by molar-refractivity contribution is 6.08. The van der Waals surface area contributed by atoms with Crippen LogP contribution in [0.25, 0.3) is 0 Å².